The van der Waals surface area contributed by atoms with Gasteiger partial charge in [0.15, 0.2) is 6.10 Å². The van der Waals surface area contributed by atoms with Gasteiger partial charge in [-0.1, -0.05) is 6.07 Å². The maximum atomic E-state index is 12.0. The third kappa shape index (κ3) is 3.38. The third-order valence-electron chi connectivity index (χ3n) is 3.33. The Bertz CT molecular complexity index is 597. The molecule has 21 heavy (non-hydrogen) atoms. The van der Waals surface area contributed by atoms with Crippen molar-refractivity contribution < 1.29 is 29.3 Å². The minimum absolute atomic E-state index is 0.0617. The summed E-state index contributed by atoms with van der Waals surface area (Å²) in [6.45, 7) is 1.73. The molecule has 0 bridgehead atoms. The zero-order valence-corrected chi connectivity index (χ0v) is 11.3. The predicted octanol–water partition coefficient (Wildman–Crippen LogP) is 1.26. The number of carboxylic acid groups (broad SMARTS) is 2. The van der Waals surface area contributed by atoms with Gasteiger partial charge in [0.2, 0.25) is 0 Å². The van der Waals surface area contributed by atoms with Crippen LogP contribution in [0, 0.1) is 6.92 Å². The van der Waals surface area contributed by atoms with Crippen molar-refractivity contribution in [1.82, 2.24) is 0 Å². The van der Waals surface area contributed by atoms with Gasteiger partial charge in [0.25, 0.3) is 5.91 Å². The van der Waals surface area contributed by atoms with Crippen molar-refractivity contribution in [3.8, 4) is 0 Å². The number of hydrogen-bond donors (Lipinski definition) is 3. The lowest BCUT2D eigenvalue weighted by Crippen LogP contribution is -2.30. The molecule has 0 aromatic heterocycles. The zero-order chi connectivity index (χ0) is 15.6. The molecule has 1 aliphatic heterocycles. The van der Waals surface area contributed by atoms with Crippen molar-refractivity contribution in [3.63, 3.8) is 0 Å². The molecule has 2 atom stereocenters. The smallest absolute Gasteiger partial charge is 0.335 e. The Kier molecular flexibility index (Phi) is 4.23. The number of aliphatic carboxylic acids is 1. The highest BCUT2D eigenvalue weighted by Crippen LogP contribution is 2.23. The Balaban J connectivity index is 2.08. The Morgan fingerprint density at radius 1 is 1.19 bits per heavy atom. The fourth-order valence-electron chi connectivity index (χ4n) is 2.11. The van der Waals surface area contributed by atoms with Crippen LogP contribution >= 0.6 is 0 Å². The van der Waals surface area contributed by atoms with Crippen LogP contribution in [0.15, 0.2) is 18.2 Å². The average molecular weight is 293 g/mol. The molecule has 3 N–H and O–H groups in total. The van der Waals surface area contributed by atoms with Crippen molar-refractivity contribution in [3.05, 3.63) is 29.3 Å². The molecule has 1 aromatic rings. The largest absolute Gasteiger partial charge is 0.479 e. The summed E-state index contributed by atoms with van der Waals surface area (Å²) in [6, 6.07) is 4.40. The van der Waals surface area contributed by atoms with Crippen LogP contribution in [0.4, 0.5) is 5.69 Å². The first-order valence-corrected chi connectivity index (χ1v) is 6.41. The number of hydrogen-bond acceptors (Lipinski definition) is 4. The molecule has 1 heterocycles. The SMILES string of the molecule is Cc1ccc(C(=O)O)cc1NC(=O)[C@@H]1CC[C@H](C(=O)O)O1. The summed E-state index contributed by atoms with van der Waals surface area (Å²) in [5, 5.41) is 20.3. The van der Waals surface area contributed by atoms with E-state index in [0.717, 1.165) is 0 Å². The number of aryl methyl sites for hydroxylation is 1. The first-order chi connectivity index (χ1) is 9.88. The molecule has 1 saturated heterocycles. The fourth-order valence-corrected chi connectivity index (χ4v) is 2.11. The second-order valence-electron chi connectivity index (χ2n) is 4.85. The van der Waals surface area contributed by atoms with Crippen LogP contribution in [0.5, 0.6) is 0 Å². The Morgan fingerprint density at radius 3 is 2.43 bits per heavy atom. The number of nitrogens with one attached hydrogen (secondary N) is 1. The number of ether oxygens (including phenoxy) is 1. The number of carbonyl (C=O) groups is 3. The number of anilines is 1. The fraction of sp³-hybridized carbons (Fsp3) is 0.357. The number of amides is 1. The molecule has 0 saturated carbocycles. The van der Waals surface area contributed by atoms with E-state index in [9.17, 15) is 14.4 Å². The lowest BCUT2D eigenvalue weighted by Gasteiger charge is -2.13. The number of carbonyl (C=O) groups excluding carboxylic acids is 1. The van der Waals surface area contributed by atoms with Crippen LogP contribution in [0.25, 0.3) is 0 Å². The molecule has 0 radical (unpaired) electrons. The van der Waals surface area contributed by atoms with Crippen molar-refractivity contribution >= 4 is 23.5 Å². The maximum Gasteiger partial charge on any atom is 0.335 e. The summed E-state index contributed by atoms with van der Waals surface area (Å²) < 4.78 is 5.15. The molecule has 1 aliphatic rings. The molecule has 1 fully saturated rings. The van der Waals surface area contributed by atoms with Crippen molar-refractivity contribution in [1.29, 1.82) is 0 Å². The van der Waals surface area contributed by atoms with E-state index in [1.54, 1.807) is 13.0 Å². The van der Waals surface area contributed by atoms with E-state index in [4.69, 9.17) is 14.9 Å². The van der Waals surface area contributed by atoms with Crippen LogP contribution < -0.4 is 5.32 Å². The van der Waals surface area contributed by atoms with E-state index >= 15 is 0 Å². The van der Waals surface area contributed by atoms with Gasteiger partial charge in [-0.2, -0.15) is 0 Å². The maximum absolute atomic E-state index is 12.0. The zero-order valence-electron chi connectivity index (χ0n) is 11.3. The summed E-state index contributed by atoms with van der Waals surface area (Å²) >= 11 is 0. The van der Waals surface area contributed by atoms with Gasteiger partial charge in [-0.15, -0.1) is 0 Å². The molecule has 7 heteroatoms. The summed E-state index contributed by atoms with van der Waals surface area (Å²) in [7, 11) is 0. The van der Waals surface area contributed by atoms with Crippen molar-refractivity contribution in [2.45, 2.75) is 32.0 Å². The van der Waals surface area contributed by atoms with Crippen LogP contribution in [-0.4, -0.2) is 40.3 Å². The molecule has 0 unspecified atom stereocenters. The van der Waals surface area contributed by atoms with Gasteiger partial charge in [0.05, 0.1) is 5.56 Å². The topological polar surface area (TPSA) is 113 Å². The van der Waals surface area contributed by atoms with Gasteiger partial charge in [-0.05, 0) is 37.5 Å². The molecule has 7 nitrogen and oxygen atoms in total. The summed E-state index contributed by atoms with van der Waals surface area (Å²) in [6.07, 6.45) is -1.20. The quantitative estimate of drug-likeness (QED) is 0.770. The van der Waals surface area contributed by atoms with Crippen LogP contribution in [0.2, 0.25) is 0 Å². The van der Waals surface area contributed by atoms with Crippen LogP contribution in [-0.2, 0) is 14.3 Å². The number of benzene rings is 1. The van der Waals surface area contributed by atoms with E-state index in [-0.39, 0.29) is 12.0 Å². The van der Waals surface area contributed by atoms with Gasteiger partial charge in [-0.25, -0.2) is 9.59 Å². The minimum atomic E-state index is -1.09. The van der Waals surface area contributed by atoms with E-state index in [0.29, 0.717) is 17.7 Å². The van der Waals surface area contributed by atoms with Gasteiger partial charge in [-0.3, -0.25) is 4.79 Å². The summed E-state index contributed by atoms with van der Waals surface area (Å²) in [5.74, 6) is -2.65. The first-order valence-electron chi connectivity index (χ1n) is 6.41. The standard InChI is InChI=1S/C14H15NO6/c1-7-2-3-8(13(17)18)6-9(7)15-12(16)10-4-5-11(21-10)14(19)20/h2-3,6,10-11H,4-5H2,1H3,(H,15,16)(H,17,18)(H,19,20)/t10-,11+/m0/s1. The molecule has 1 amide bonds. The van der Waals surface area contributed by atoms with E-state index in [1.165, 1.54) is 12.1 Å². The monoisotopic (exact) mass is 293 g/mol. The molecular formula is C14H15NO6. The predicted molar refractivity (Wildman–Crippen MR) is 72.3 cm³/mol. The van der Waals surface area contributed by atoms with E-state index < -0.39 is 30.1 Å². The Hall–Kier alpha value is -2.41. The number of rotatable bonds is 4. The van der Waals surface area contributed by atoms with Crippen LogP contribution in [0.3, 0.4) is 0 Å². The van der Waals surface area contributed by atoms with E-state index in [1.807, 2.05) is 0 Å². The molecule has 0 aliphatic carbocycles. The molecule has 112 valence electrons. The van der Waals surface area contributed by atoms with Gasteiger partial charge in [0.1, 0.15) is 6.10 Å². The van der Waals surface area contributed by atoms with Gasteiger partial charge >= 0.3 is 11.9 Å². The van der Waals surface area contributed by atoms with E-state index in [2.05, 4.69) is 5.32 Å². The first kappa shape index (κ1) is 15.0. The van der Waals surface area contributed by atoms with Gasteiger partial charge in [0, 0.05) is 5.69 Å². The van der Waals surface area contributed by atoms with Crippen molar-refractivity contribution in [2.24, 2.45) is 0 Å². The van der Waals surface area contributed by atoms with Gasteiger partial charge < -0.3 is 20.3 Å². The molecule has 1 aromatic carbocycles. The average Bonchev–Trinajstić information content (AvgIpc) is 2.90. The minimum Gasteiger partial charge on any atom is -0.479 e. The van der Waals surface area contributed by atoms with Crippen LogP contribution in [0.1, 0.15) is 28.8 Å². The highest BCUT2D eigenvalue weighted by Gasteiger charge is 2.34. The normalized spacial score (nSPS) is 21.0. The molecular weight excluding hydrogens is 278 g/mol. The molecule has 2 rings (SSSR count). The summed E-state index contributed by atoms with van der Waals surface area (Å²) in [4.78, 5) is 33.7. The second kappa shape index (κ2) is 5.92. The Morgan fingerprint density at radius 2 is 1.86 bits per heavy atom. The Labute approximate surface area is 120 Å². The third-order valence-corrected chi connectivity index (χ3v) is 3.33. The second-order valence-corrected chi connectivity index (χ2v) is 4.85. The number of aromatic carboxylic acids is 1. The number of carboxylic acids is 2. The highest BCUT2D eigenvalue weighted by molar-refractivity contribution is 5.97. The highest BCUT2D eigenvalue weighted by atomic mass is 16.5. The molecule has 0 spiro atoms. The summed E-state index contributed by atoms with van der Waals surface area (Å²) in [5.41, 5.74) is 1.15. The lowest BCUT2D eigenvalue weighted by atomic mass is 10.1. The lowest BCUT2D eigenvalue weighted by molar-refractivity contribution is -0.150. The van der Waals surface area contributed by atoms with Crippen molar-refractivity contribution in [2.75, 3.05) is 5.32 Å².